The van der Waals surface area contributed by atoms with Crippen LogP contribution >= 0.6 is 11.3 Å². The van der Waals surface area contributed by atoms with Crippen LogP contribution in [-0.2, 0) is 13.0 Å². The summed E-state index contributed by atoms with van der Waals surface area (Å²) in [5.41, 5.74) is 0.865. The van der Waals surface area contributed by atoms with Crippen LogP contribution in [0.5, 0.6) is 11.5 Å². The lowest BCUT2D eigenvalue weighted by Crippen LogP contribution is -2.35. The Labute approximate surface area is 140 Å². The number of phenolic OH excluding ortho intramolecular Hbond substituents is 1. The number of ether oxygens (including phenoxy) is 1. The van der Waals surface area contributed by atoms with E-state index in [4.69, 9.17) is 4.74 Å². The topological polar surface area (TPSA) is 70.6 Å². The van der Waals surface area contributed by atoms with Crippen LogP contribution in [0.3, 0.4) is 0 Å². The molecule has 0 radical (unpaired) electrons. The number of carbonyl (C=O) groups is 1. The van der Waals surface area contributed by atoms with Gasteiger partial charge in [-0.05, 0) is 49.6 Å². The summed E-state index contributed by atoms with van der Waals surface area (Å²) < 4.78 is 5.04. The Hall–Kier alpha value is -2.21. The maximum absolute atomic E-state index is 11.8. The molecule has 0 atom stereocenters. The van der Waals surface area contributed by atoms with Gasteiger partial charge in [0.1, 0.15) is 0 Å². The molecule has 0 aliphatic carbocycles. The Morgan fingerprint density at radius 3 is 2.78 bits per heavy atom. The first-order valence-corrected chi connectivity index (χ1v) is 8.33. The van der Waals surface area contributed by atoms with Crippen molar-refractivity contribution in [3.63, 3.8) is 0 Å². The lowest BCUT2D eigenvalue weighted by molar-refractivity contribution is 0.240. The summed E-state index contributed by atoms with van der Waals surface area (Å²) in [7, 11) is 1.49. The van der Waals surface area contributed by atoms with E-state index >= 15 is 0 Å². The van der Waals surface area contributed by atoms with Gasteiger partial charge in [-0.25, -0.2) is 4.79 Å². The Kier molecular flexibility index (Phi) is 6.29. The van der Waals surface area contributed by atoms with E-state index in [1.54, 1.807) is 29.5 Å². The molecule has 0 unspecified atom stereocenters. The van der Waals surface area contributed by atoms with E-state index in [2.05, 4.69) is 29.7 Å². The fourth-order valence-electron chi connectivity index (χ4n) is 2.16. The summed E-state index contributed by atoms with van der Waals surface area (Å²) in [4.78, 5) is 14.4. The summed E-state index contributed by atoms with van der Waals surface area (Å²) >= 11 is 1.80. The van der Waals surface area contributed by atoms with Crippen molar-refractivity contribution in [3.05, 3.63) is 45.6 Å². The zero-order valence-electron chi connectivity index (χ0n) is 13.4. The van der Waals surface area contributed by atoms with E-state index in [0.717, 1.165) is 18.4 Å². The number of amides is 2. The minimum absolute atomic E-state index is 0.0875. The van der Waals surface area contributed by atoms with Crippen molar-refractivity contribution in [1.82, 2.24) is 10.6 Å². The second-order valence-electron chi connectivity index (χ2n) is 5.23. The number of carbonyl (C=O) groups excluding carboxylic acids is 1. The Bertz CT molecular complexity index is 655. The fourth-order valence-corrected chi connectivity index (χ4v) is 3.09. The van der Waals surface area contributed by atoms with Crippen LogP contribution in [0.4, 0.5) is 4.79 Å². The van der Waals surface area contributed by atoms with Crippen molar-refractivity contribution < 1.29 is 14.6 Å². The Morgan fingerprint density at radius 1 is 1.26 bits per heavy atom. The standard InChI is InChI=1S/C17H22N2O3S/c1-12-5-7-14(23-12)4-3-9-18-17(21)19-11-13-6-8-15(20)16(10-13)22-2/h5-8,10,20H,3-4,9,11H2,1-2H3,(H2,18,19,21). The maximum atomic E-state index is 11.8. The number of hydrogen-bond acceptors (Lipinski definition) is 4. The van der Waals surface area contributed by atoms with E-state index in [0.29, 0.717) is 18.8 Å². The number of aryl methyl sites for hydroxylation is 2. The van der Waals surface area contributed by atoms with Gasteiger partial charge in [0.15, 0.2) is 11.5 Å². The normalized spacial score (nSPS) is 10.3. The minimum atomic E-state index is -0.195. The molecular formula is C17H22N2O3S. The number of hydrogen-bond donors (Lipinski definition) is 3. The Balaban J connectivity index is 1.67. The third-order valence-corrected chi connectivity index (χ3v) is 4.44. The number of nitrogens with one attached hydrogen (secondary N) is 2. The molecule has 1 heterocycles. The van der Waals surface area contributed by atoms with Gasteiger partial charge in [0, 0.05) is 22.8 Å². The molecule has 0 saturated carbocycles. The van der Waals surface area contributed by atoms with Gasteiger partial charge < -0.3 is 20.5 Å². The predicted molar refractivity (Wildman–Crippen MR) is 92.3 cm³/mol. The van der Waals surface area contributed by atoms with Crippen molar-refractivity contribution in [3.8, 4) is 11.5 Å². The summed E-state index contributed by atoms with van der Waals surface area (Å²) in [6.45, 7) is 3.12. The lowest BCUT2D eigenvalue weighted by Gasteiger charge is -2.09. The number of urea groups is 1. The second-order valence-corrected chi connectivity index (χ2v) is 6.60. The van der Waals surface area contributed by atoms with Crippen LogP contribution in [0, 0.1) is 6.92 Å². The van der Waals surface area contributed by atoms with E-state index in [1.165, 1.54) is 16.9 Å². The van der Waals surface area contributed by atoms with Gasteiger partial charge in [-0.1, -0.05) is 6.07 Å². The highest BCUT2D eigenvalue weighted by Crippen LogP contribution is 2.26. The summed E-state index contributed by atoms with van der Waals surface area (Å²) in [6.07, 6.45) is 1.90. The number of aromatic hydroxyl groups is 1. The monoisotopic (exact) mass is 334 g/mol. The van der Waals surface area contributed by atoms with Gasteiger partial charge in [-0.3, -0.25) is 0 Å². The molecule has 2 rings (SSSR count). The fraction of sp³-hybridized carbons (Fsp3) is 0.353. The number of benzene rings is 1. The van der Waals surface area contributed by atoms with E-state index in [-0.39, 0.29) is 11.8 Å². The van der Waals surface area contributed by atoms with Crippen LogP contribution in [0.2, 0.25) is 0 Å². The highest BCUT2D eigenvalue weighted by Gasteiger charge is 2.05. The molecule has 1 aromatic carbocycles. The smallest absolute Gasteiger partial charge is 0.315 e. The van der Waals surface area contributed by atoms with Crippen LogP contribution in [-0.4, -0.2) is 24.8 Å². The van der Waals surface area contributed by atoms with Crippen LogP contribution < -0.4 is 15.4 Å². The van der Waals surface area contributed by atoms with Gasteiger partial charge in [0.05, 0.1) is 7.11 Å². The first kappa shape index (κ1) is 17.1. The van der Waals surface area contributed by atoms with Gasteiger partial charge in [0.2, 0.25) is 0 Å². The molecule has 1 aromatic heterocycles. The van der Waals surface area contributed by atoms with Crippen molar-refractivity contribution in [2.24, 2.45) is 0 Å². The van der Waals surface area contributed by atoms with Gasteiger partial charge in [-0.15, -0.1) is 11.3 Å². The average Bonchev–Trinajstić information content (AvgIpc) is 2.96. The van der Waals surface area contributed by atoms with Crippen LogP contribution in [0.15, 0.2) is 30.3 Å². The molecule has 0 spiro atoms. The zero-order chi connectivity index (χ0) is 16.7. The summed E-state index contributed by atoms with van der Waals surface area (Å²) in [6, 6.07) is 9.06. The number of thiophene rings is 1. The minimum Gasteiger partial charge on any atom is -0.504 e. The zero-order valence-corrected chi connectivity index (χ0v) is 14.2. The third kappa shape index (κ3) is 5.49. The van der Waals surface area contributed by atoms with Gasteiger partial charge in [-0.2, -0.15) is 0 Å². The molecule has 0 aliphatic heterocycles. The average molecular weight is 334 g/mol. The number of phenols is 1. The van der Waals surface area contributed by atoms with Crippen molar-refractivity contribution >= 4 is 17.4 Å². The number of methoxy groups -OCH3 is 1. The SMILES string of the molecule is COc1cc(CNC(=O)NCCCc2ccc(C)s2)ccc1O. The highest BCUT2D eigenvalue weighted by atomic mass is 32.1. The molecule has 0 bridgehead atoms. The van der Waals surface area contributed by atoms with Crippen molar-refractivity contribution in [2.75, 3.05) is 13.7 Å². The summed E-state index contributed by atoms with van der Waals surface area (Å²) in [5.74, 6) is 0.487. The second kappa shape index (κ2) is 8.43. The molecular weight excluding hydrogens is 312 g/mol. The number of rotatable bonds is 7. The maximum Gasteiger partial charge on any atom is 0.315 e. The van der Waals surface area contributed by atoms with Crippen molar-refractivity contribution in [1.29, 1.82) is 0 Å². The van der Waals surface area contributed by atoms with E-state index in [1.807, 2.05) is 0 Å². The summed E-state index contributed by atoms with van der Waals surface area (Å²) in [5, 5.41) is 15.2. The molecule has 124 valence electrons. The quantitative estimate of drug-likeness (QED) is 0.681. The molecule has 3 N–H and O–H groups in total. The van der Waals surface area contributed by atoms with Crippen molar-refractivity contribution in [2.45, 2.75) is 26.3 Å². The van der Waals surface area contributed by atoms with E-state index in [9.17, 15) is 9.90 Å². The third-order valence-electron chi connectivity index (χ3n) is 3.38. The highest BCUT2D eigenvalue weighted by molar-refractivity contribution is 7.11. The Morgan fingerprint density at radius 2 is 2.09 bits per heavy atom. The predicted octanol–water partition coefficient (Wildman–Crippen LogP) is 3.20. The van der Waals surface area contributed by atoms with E-state index < -0.39 is 0 Å². The molecule has 6 heteroatoms. The van der Waals surface area contributed by atoms with Crippen LogP contribution in [0.25, 0.3) is 0 Å². The molecule has 23 heavy (non-hydrogen) atoms. The first-order valence-electron chi connectivity index (χ1n) is 7.51. The first-order chi connectivity index (χ1) is 11.1. The van der Waals surface area contributed by atoms with Gasteiger partial charge in [0.25, 0.3) is 0 Å². The molecule has 0 fully saturated rings. The molecule has 5 nitrogen and oxygen atoms in total. The van der Waals surface area contributed by atoms with Gasteiger partial charge >= 0.3 is 6.03 Å². The lowest BCUT2D eigenvalue weighted by atomic mass is 10.2. The molecule has 0 aliphatic rings. The largest absolute Gasteiger partial charge is 0.504 e. The van der Waals surface area contributed by atoms with Crippen LogP contribution in [0.1, 0.15) is 21.7 Å². The molecule has 2 aromatic rings. The molecule has 0 saturated heterocycles. The molecule has 2 amide bonds.